The maximum Gasteiger partial charge on any atom is 0.255 e. The first-order valence-electron chi connectivity index (χ1n) is 8.82. The van der Waals surface area contributed by atoms with Crippen molar-refractivity contribution >= 4 is 34.5 Å². The monoisotopic (exact) mass is 377 g/mol. The van der Waals surface area contributed by atoms with Gasteiger partial charge in [0.2, 0.25) is 5.91 Å². The number of hydrogen-bond acceptors (Lipinski definition) is 4. The molecule has 2 amide bonds. The summed E-state index contributed by atoms with van der Waals surface area (Å²) in [6.45, 7) is 2.07. The molecule has 1 heterocycles. The third kappa shape index (κ3) is 4.06. The summed E-state index contributed by atoms with van der Waals surface area (Å²) in [5.41, 5.74) is 2.93. The number of amides is 2. The summed E-state index contributed by atoms with van der Waals surface area (Å²) in [6.07, 6.45) is 2.71. The lowest BCUT2D eigenvalue weighted by molar-refractivity contribution is -0.117. The van der Waals surface area contributed by atoms with E-state index >= 15 is 0 Å². The SMILES string of the molecule is CC1CC1C(=O)Nc1ccc(C(=O)Nc2cccc(-c3nccs3)c2)cc1. The van der Waals surface area contributed by atoms with E-state index in [-0.39, 0.29) is 17.7 Å². The molecule has 1 aliphatic carbocycles. The van der Waals surface area contributed by atoms with Crippen LogP contribution in [0.1, 0.15) is 23.7 Å². The molecule has 1 aromatic heterocycles. The summed E-state index contributed by atoms with van der Waals surface area (Å²) in [5.74, 6) is 0.451. The first kappa shape index (κ1) is 17.4. The fourth-order valence-electron chi connectivity index (χ4n) is 2.93. The van der Waals surface area contributed by atoms with Crippen LogP contribution in [0.15, 0.2) is 60.1 Å². The highest BCUT2D eigenvalue weighted by molar-refractivity contribution is 7.13. The van der Waals surface area contributed by atoms with Gasteiger partial charge in [0.05, 0.1) is 0 Å². The van der Waals surface area contributed by atoms with Crippen LogP contribution in [0.3, 0.4) is 0 Å². The van der Waals surface area contributed by atoms with E-state index in [1.54, 1.807) is 41.8 Å². The van der Waals surface area contributed by atoms with Gasteiger partial charge in [-0.3, -0.25) is 9.59 Å². The fourth-order valence-corrected chi connectivity index (χ4v) is 3.56. The molecule has 136 valence electrons. The molecule has 2 aromatic carbocycles. The Morgan fingerprint density at radius 2 is 1.85 bits per heavy atom. The lowest BCUT2D eigenvalue weighted by Gasteiger charge is -2.08. The average molecular weight is 377 g/mol. The molecule has 0 bridgehead atoms. The second-order valence-electron chi connectivity index (χ2n) is 6.76. The van der Waals surface area contributed by atoms with E-state index in [0.717, 1.165) is 17.0 Å². The highest BCUT2D eigenvalue weighted by Gasteiger charge is 2.39. The van der Waals surface area contributed by atoms with Crippen molar-refractivity contribution in [3.8, 4) is 10.6 Å². The normalized spacial score (nSPS) is 18.0. The predicted molar refractivity (Wildman–Crippen MR) is 108 cm³/mol. The molecule has 0 radical (unpaired) electrons. The molecule has 4 rings (SSSR count). The fraction of sp³-hybridized carbons (Fsp3) is 0.190. The molecular formula is C21H19N3O2S. The highest BCUT2D eigenvalue weighted by Crippen LogP contribution is 2.38. The number of nitrogens with one attached hydrogen (secondary N) is 2. The van der Waals surface area contributed by atoms with Gasteiger partial charge in [-0.05, 0) is 48.7 Å². The van der Waals surface area contributed by atoms with Crippen LogP contribution in [-0.4, -0.2) is 16.8 Å². The van der Waals surface area contributed by atoms with E-state index in [9.17, 15) is 9.59 Å². The molecule has 27 heavy (non-hydrogen) atoms. The quantitative estimate of drug-likeness (QED) is 0.679. The van der Waals surface area contributed by atoms with Gasteiger partial charge in [0.25, 0.3) is 5.91 Å². The predicted octanol–water partition coefficient (Wildman–Crippen LogP) is 4.66. The van der Waals surface area contributed by atoms with Crippen LogP contribution >= 0.6 is 11.3 Å². The third-order valence-corrected chi connectivity index (χ3v) is 5.48. The van der Waals surface area contributed by atoms with Crippen LogP contribution in [-0.2, 0) is 4.79 Å². The maximum absolute atomic E-state index is 12.5. The second kappa shape index (κ2) is 7.32. The standard InChI is InChI=1S/C21H19N3O2S/c1-13-11-18(13)20(26)23-16-7-5-14(6-8-16)19(25)24-17-4-2-3-15(12-17)21-22-9-10-27-21/h2-10,12-13,18H,11H2,1H3,(H,23,26)(H,24,25). The molecule has 0 spiro atoms. The number of carbonyl (C=O) groups excluding carboxylic acids is 2. The molecule has 1 fully saturated rings. The van der Waals surface area contributed by atoms with Gasteiger partial charge in [-0.25, -0.2) is 4.98 Å². The molecule has 0 aliphatic heterocycles. The Morgan fingerprint density at radius 1 is 1.07 bits per heavy atom. The van der Waals surface area contributed by atoms with Gasteiger partial charge in [0.15, 0.2) is 0 Å². The Kier molecular flexibility index (Phi) is 4.73. The van der Waals surface area contributed by atoms with Gasteiger partial charge in [0.1, 0.15) is 5.01 Å². The van der Waals surface area contributed by atoms with Crippen molar-refractivity contribution in [2.45, 2.75) is 13.3 Å². The van der Waals surface area contributed by atoms with Crippen LogP contribution in [0.5, 0.6) is 0 Å². The number of nitrogens with zero attached hydrogens (tertiary/aromatic N) is 1. The largest absolute Gasteiger partial charge is 0.326 e. The summed E-state index contributed by atoms with van der Waals surface area (Å²) < 4.78 is 0. The van der Waals surface area contributed by atoms with Crippen LogP contribution in [0.2, 0.25) is 0 Å². The molecular weight excluding hydrogens is 358 g/mol. The number of benzene rings is 2. The smallest absolute Gasteiger partial charge is 0.255 e. The number of anilines is 2. The van der Waals surface area contributed by atoms with Crippen LogP contribution < -0.4 is 10.6 Å². The van der Waals surface area contributed by atoms with Crippen molar-refractivity contribution in [1.82, 2.24) is 4.98 Å². The zero-order valence-corrected chi connectivity index (χ0v) is 15.6. The van der Waals surface area contributed by atoms with Crippen molar-refractivity contribution in [1.29, 1.82) is 0 Å². The number of hydrogen-bond donors (Lipinski definition) is 2. The zero-order chi connectivity index (χ0) is 18.8. The molecule has 2 unspecified atom stereocenters. The van der Waals surface area contributed by atoms with Crippen LogP contribution in [0.25, 0.3) is 10.6 Å². The van der Waals surface area contributed by atoms with Gasteiger partial charge >= 0.3 is 0 Å². The molecule has 6 heteroatoms. The van der Waals surface area contributed by atoms with Crippen molar-refractivity contribution in [3.05, 3.63) is 65.7 Å². The summed E-state index contributed by atoms with van der Waals surface area (Å²) in [5, 5.41) is 8.64. The van der Waals surface area contributed by atoms with E-state index in [0.29, 0.717) is 22.9 Å². The summed E-state index contributed by atoms with van der Waals surface area (Å²) >= 11 is 1.55. The lowest BCUT2D eigenvalue weighted by atomic mass is 10.1. The number of carbonyl (C=O) groups is 2. The first-order chi connectivity index (χ1) is 13.1. The van der Waals surface area contributed by atoms with Crippen molar-refractivity contribution in [3.63, 3.8) is 0 Å². The second-order valence-corrected chi connectivity index (χ2v) is 7.65. The Morgan fingerprint density at radius 3 is 2.52 bits per heavy atom. The molecule has 0 saturated heterocycles. The summed E-state index contributed by atoms with van der Waals surface area (Å²) in [6, 6.07) is 14.6. The Labute approximate surface area is 161 Å². The third-order valence-electron chi connectivity index (χ3n) is 4.66. The van der Waals surface area contributed by atoms with Crippen molar-refractivity contribution in [2.24, 2.45) is 11.8 Å². The van der Waals surface area contributed by atoms with Crippen molar-refractivity contribution < 1.29 is 9.59 Å². The average Bonchev–Trinajstić information content (AvgIpc) is 3.18. The summed E-state index contributed by atoms with van der Waals surface area (Å²) in [4.78, 5) is 28.8. The van der Waals surface area contributed by atoms with E-state index in [2.05, 4.69) is 22.5 Å². The minimum Gasteiger partial charge on any atom is -0.326 e. The molecule has 3 aromatic rings. The molecule has 2 atom stereocenters. The number of rotatable bonds is 5. The first-order valence-corrected chi connectivity index (χ1v) is 9.70. The number of aromatic nitrogens is 1. The van der Waals surface area contributed by atoms with Crippen molar-refractivity contribution in [2.75, 3.05) is 10.6 Å². The van der Waals surface area contributed by atoms with Gasteiger partial charge in [-0.2, -0.15) is 0 Å². The zero-order valence-electron chi connectivity index (χ0n) is 14.8. The minimum absolute atomic E-state index is 0.0544. The van der Waals surface area contributed by atoms with E-state index in [4.69, 9.17) is 0 Å². The molecule has 5 nitrogen and oxygen atoms in total. The minimum atomic E-state index is -0.194. The topological polar surface area (TPSA) is 71.1 Å². The molecule has 2 N–H and O–H groups in total. The molecule has 1 saturated carbocycles. The van der Waals surface area contributed by atoms with Crippen LogP contribution in [0, 0.1) is 11.8 Å². The van der Waals surface area contributed by atoms with Gasteiger partial charge in [0, 0.05) is 40.0 Å². The Hall–Kier alpha value is -2.99. The Bertz CT molecular complexity index is 967. The highest BCUT2D eigenvalue weighted by atomic mass is 32.1. The molecule has 1 aliphatic rings. The Balaban J connectivity index is 1.41. The number of thiazole rings is 1. The van der Waals surface area contributed by atoms with E-state index in [1.165, 1.54) is 0 Å². The van der Waals surface area contributed by atoms with Crippen LogP contribution in [0.4, 0.5) is 11.4 Å². The maximum atomic E-state index is 12.5. The van der Waals surface area contributed by atoms with Gasteiger partial charge in [-0.15, -0.1) is 11.3 Å². The van der Waals surface area contributed by atoms with E-state index in [1.807, 2.05) is 29.6 Å². The lowest BCUT2D eigenvalue weighted by Crippen LogP contribution is -2.15. The summed E-state index contributed by atoms with van der Waals surface area (Å²) in [7, 11) is 0. The van der Waals surface area contributed by atoms with Gasteiger partial charge < -0.3 is 10.6 Å². The van der Waals surface area contributed by atoms with E-state index < -0.39 is 0 Å². The van der Waals surface area contributed by atoms with Gasteiger partial charge in [-0.1, -0.05) is 19.1 Å².